The molecule has 1 aliphatic heterocycles. The van der Waals surface area contributed by atoms with E-state index < -0.39 is 17.7 Å². The summed E-state index contributed by atoms with van der Waals surface area (Å²) < 4.78 is 18.4. The minimum absolute atomic E-state index is 0.0571. The lowest BCUT2D eigenvalue weighted by atomic mass is 9.95. The van der Waals surface area contributed by atoms with Gasteiger partial charge in [-0.3, -0.25) is 14.5 Å². The summed E-state index contributed by atoms with van der Waals surface area (Å²) in [6.07, 6.45) is 1.72. The molecule has 9 nitrogen and oxygen atoms in total. The lowest BCUT2D eigenvalue weighted by Crippen LogP contribution is -2.29. The molecular formula is C40H41N3O6S2. The summed E-state index contributed by atoms with van der Waals surface area (Å²) in [4.78, 5) is 29.1. The molecule has 1 aliphatic rings. The Morgan fingerprint density at radius 3 is 2.45 bits per heavy atom. The highest BCUT2D eigenvalue weighted by atomic mass is 32.2. The van der Waals surface area contributed by atoms with E-state index in [1.165, 1.54) is 28.0 Å². The first-order chi connectivity index (χ1) is 24.8. The average molecular weight is 724 g/mol. The van der Waals surface area contributed by atoms with Gasteiger partial charge in [-0.1, -0.05) is 92.4 Å². The Balaban J connectivity index is 1.38. The Morgan fingerprint density at radius 1 is 0.902 bits per heavy atom. The standard InChI is InChI=1S/C40H41N3O6S2/c1-5-21-48-30-17-14-27(15-18-30)36(44)34-35(28-16-19-32(33(23-28)47-6-2)49-22-20-25(3)4)43(38(46)37(34)45)39-41-42-40(51-39)50-24-29-12-9-11-26-10-7-8-13-31(26)29/h7-19,23,25,35,44H,5-6,20-22,24H2,1-4H3/b36-34+. The van der Waals surface area contributed by atoms with Gasteiger partial charge in [0.15, 0.2) is 15.8 Å². The molecule has 1 amide bonds. The second-order valence-electron chi connectivity index (χ2n) is 12.5. The Labute approximate surface area is 306 Å². The van der Waals surface area contributed by atoms with Crippen LogP contribution in [0.15, 0.2) is 94.8 Å². The summed E-state index contributed by atoms with van der Waals surface area (Å²) in [6, 6.07) is 25.6. The van der Waals surface area contributed by atoms with Crippen LogP contribution < -0.4 is 19.1 Å². The number of aliphatic hydroxyl groups is 1. The van der Waals surface area contributed by atoms with Gasteiger partial charge in [-0.15, -0.1) is 10.2 Å². The van der Waals surface area contributed by atoms with E-state index in [0.29, 0.717) is 64.2 Å². The zero-order chi connectivity index (χ0) is 35.9. The van der Waals surface area contributed by atoms with Gasteiger partial charge in [-0.25, -0.2) is 0 Å². The highest BCUT2D eigenvalue weighted by molar-refractivity contribution is 8.00. The first-order valence-corrected chi connectivity index (χ1v) is 19.0. The van der Waals surface area contributed by atoms with E-state index in [1.807, 2.05) is 32.0 Å². The van der Waals surface area contributed by atoms with Gasteiger partial charge < -0.3 is 19.3 Å². The maximum absolute atomic E-state index is 13.9. The van der Waals surface area contributed by atoms with Crippen LogP contribution in [0, 0.1) is 5.92 Å². The van der Waals surface area contributed by atoms with Crippen molar-refractivity contribution in [2.45, 2.75) is 56.7 Å². The first-order valence-electron chi connectivity index (χ1n) is 17.2. The van der Waals surface area contributed by atoms with Crippen molar-refractivity contribution in [2.24, 2.45) is 5.92 Å². The van der Waals surface area contributed by atoms with Crippen molar-refractivity contribution >= 4 is 56.5 Å². The fraction of sp³-hybridized carbons (Fsp3) is 0.300. The second-order valence-corrected chi connectivity index (χ2v) is 14.7. The number of carbonyl (C=O) groups is 2. The van der Waals surface area contributed by atoms with E-state index in [2.05, 4.69) is 48.3 Å². The molecule has 6 rings (SSSR count). The number of ketones is 1. The van der Waals surface area contributed by atoms with Crippen molar-refractivity contribution in [1.82, 2.24) is 10.2 Å². The number of amides is 1. The van der Waals surface area contributed by atoms with Gasteiger partial charge in [0.1, 0.15) is 11.5 Å². The molecule has 1 aromatic heterocycles. The van der Waals surface area contributed by atoms with Crippen LogP contribution in [0.2, 0.25) is 0 Å². The van der Waals surface area contributed by atoms with E-state index in [1.54, 1.807) is 42.5 Å². The fourth-order valence-electron chi connectivity index (χ4n) is 5.83. The third-order valence-corrected chi connectivity index (χ3v) is 10.5. The molecule has 4 aromatic carbocycles. The number of Topliss-reactive ketones (excluding diaryl/α,β-unsaturated/α-hetero) is 1. The van der Waals surface area contributed by atoms with E-state index in [0.717, 1.165) is 29.2 Å². The summed E-state index contributed by atoms with van der Waals surface area (Å²) in [5.74, 6) is 0.866. The minimum Gasteiger partial charge on any atom is -0.507 e. The van der Waals surface area contributed by atoms with E-state index in [9.17, 15) is 14.7 Å². The van der Waals surface area contributed by atoms with E-state index >= 15 is 0 Å². The van der Waals surface area contributed by atoms with Crippen molar-refractivity contribution in [3.63, 3.8) is 0 Å². The van der Waals surface area contributed by atoms with Crippen LogP contribution >= 0.6 is 23.1 Å². The Hall–Kier alpha value is -4.87. The topological polar surface area (TPSA) is 111 Å². The zero-order valence-corrected chi connectivity index (χ0v) is 30.8. The Bertz CT molecular complexity index is 2040. The van der Waals surface area contributed by atoms with Gasteiger partial charge in [0.05, 0.1) is 31.4 Å². The summed E-state index contributed by atoms with van der Waals surface area (Å²) in [5.41, 5.74) is 2.03. The molecule has 0 aliphatic carbocycles. The number of nitrogens with zero attached hydrogens (tertiary/aromatic N) is 3. The van der Waals surface area contributed by atoms with Crippen molar-refractivity contribution < 1.29 is 28.9 Å². The summed E-state index contributed by atoms with van der Waals surface area (Å²) >= 11 is 2.74. The Morgan fingerprint density at radius 2 is 1.69 bits per heavy atom. The molecule has 1 saturated heterocycles. The van der Waals surface area contributed by atoms with Gasteiger partial charge in [0.25, 0.3) is 5.78 Å². The number of hydrogen-bond acceptors (Lipinski definition) is 10. The molecule has 0 spiro atoms. The largest absolute Gasteiger partial charge is 0.507 e. The molecule has 0 saturated carbocycles. The van der Waals surface area contributed by atoms with Gasteiger partial charge in [0, 0.05) is 11.3 Å². The lowest BCUT2D eigenvalue weighted by Gasteiger charge is -2.24. The maximum Gasteiger partial charge on any atom is 0.301 e. The van der Waals surface area contributed by atoms with Crippen LogP contribution in [-0.2, 0) is 15.3 Å². The van der Waals surface area contributed by atoms with Crippen molar-refractivity contribution in [3.8, 4) is 17.2 Å². The molecular weight excluding hydrogens is 683 g/mol. The first kappa shape index (κ1) is 35.9. The van der Waals surface area contributed by atoms with Crippen LogP contribution in [-0.4, -0.2) is 46.8 Å². The van der Waals surface area contributed by atoms with E-state index in [-0.39, 0.29) is 16.5 Å². The van der Waals surface area contributed by atoms with Crippen LogP contribution in [0.5, 0.6) is 17.2 Å². The van der Waals surface area contributed by atoms with Gasteiger partial charge in [-0.2, -0.15) is 0 Å². The van der Waals surface area contributed by atoms with Crippen LogP contribution in [0.25, 0.3) is 16.5 Å². The number of rotatable bonds is 15. The Kier molecular flexibility index (Phi) is 11.6. The number of fused-ring (bicyclic) bond motifs is 1. The van der Waals surface area contributed by atoms with Gasteiger partial charge in [0.2, 0.25) is 5.13 Å². The number of aromatic nitrogens is 2. The normalized spacial score (nSPS) is 15.5. The number of thioether (sulfide) groups is 1. The predicted molar refractivity (Wildman–Crippen MR) is 203 cm³/mol. The molecule has 1 atom stereocenters. The molecule has 51 heavy (non-hydrogen) atoms. The number of hydrogen-bond donors (Lipinski definition) is 1. The zero-order valence-electron chi connectivity index (χ0n) is 29.1. The number of aliphatic hydroxyl groups excluding tert-OH is 1. The molecule has 1 fully saturated rings. The highest BCUT2D eigenvalue weighted by Crippen LogP contribution is 2.46. The smallest absolute Gasteiger partial charge is 0.301 e. The summed E-state index contributed by atoms with van der Waals surface area (Å²) in [7, 11) is 0. The molecule has 2 heterocycles. The second kappa shape index (κ2) is 16.4. The van der Waals surface area contributed by atoms with Gasteiger partial charge in [-0.05, 0) is 84.0 Å². The summed E-state index contributed by atoms with van der Waals surface area (Å²) in [5, 5.41) is 23.1. The molecule has 11 heteroatoms. The number of ether oxygens (including phenoxy) is 3. The molecule has 0 radical (unpaired) electrons. The minimum atomic E-state index is -1.01. The summed E-state index contributed by atoms with van der Waals surface area (Å²) in [6.45, 7) is 9.60. The highest BCUT2D eigenvalue weighted by Gasteiger charge is 2.48. The molecule has 0 bridgehead atoms. The van der Waals surface area contributed by atoms with Crippen LogP contribution in [0.4, 0.5) is 5.13 Å². The van der Waals surface area contributed by atoms with Crippen LogP contribution in [0.3, 0.4) is 0 Å². The lowest BCUT2D eigenvalue weighted by molar-refractivity contribution is -0.132. The van der Waals surface area contributed by atoms with Crippen molar-refractivity contribution in [3.05, 3.63) is 107 Å². The number of anilines is 1. The van der Waals surface area contributed by atoms with Crippen molar-refractivity contribution in [2.75, 3.05) is 24.7 Å². The molecule has 264 valence electrons. The maximum atomic E-state index is 13.9. The monoisotopic (exact) mass is 723 g/mol. The van der Waals surface area contributed by atoms with E-state index in [4.69, 9.17) is 14.2 Å². The quantitative estimate of drug-likeness (QED) is 0.0372. The average Bonchev–Trinajstić information content (AvgIpc) is 3.71. The molecule has 5 aromatic rings. The molecule has 1 unspecified atom stereocenters. The van der Waals surface area contributed by atoms with Gasteiger partial charge >= 0.3 is 5.91 Å². The number of benzene rings is 4. The van der Waals surface area contributed by atoms with Crippen LogP contribution in [0.1, 0.15) is 63.3 Å². The SMILES string of the molecule is CCCOc1ccc(/C(O)=C2\C(=O)C(=O)N(c3nnc(SCc4cccc5ccccc45)s3)C2c2ccc(OCCC(C)C)c(OCC)c2)cc1. The third-order valence-electron chi connectivity index (χ3n) is 8.41. The predicted octanol–water partition coefficient (Wildman–Crippen LogP) is 9.22. The van der Waals surface area contributed by atoms with Crippen molar-refractivity contribution in [1.29, 1.82) is 0 Å². The fourth-order valence-corrected chi connectivity index (χ4v) is 7.70. The molecule has 1 N–H and O–H groups in total. The number of carbonyl (C=O) groups excluding carboxylic acids is 2. The third kappa shape index (κ3) is 8.05.